The first-order valence-electron chi connectivity index (χ1n) is 13.0. The smallest absolute Gasteiger partial charge is 0.384 e. The zero-order valence-corrected chi connectivity index (χ0v) is 21.8. The number of nitrogens with zero attached hydrogens (tertiary/aromatic N) is 4. The molecule has 0 unspecified atom stereocenters. The van der Waals surface area contributed by atoms with Crippen LogP contribution in [-0.4, -0.2) is 50.1 Å². The highest BCUT2D eigenvalue weighted by Gasteiger charge is 2.48. The van der Waals surface area contributed by atoms with Crippen LogP contribution in [0.4, 0.5) is 18.9 Å². The summed E-state index contributed by atoms with van der Waals surface area (Å²) in [6, 6.07) is 9.70. The van der Waals surface area contributed by atoms with Gasteiger partial charge in [0.25, 0.3) is 5.91 Å². The lowest BCUT2D eigenvalue weighted by Gasteiger charge is -2.42. The van der Waals surface area contributed by atoms with Crippen LogP contribution in [0.25, 0.3) is 0 Å². The molecule has 1 amide bonds. The first kappa shape index (κ1) is 26.0. The third kappa shape index (κ3) is 4.52. The molecule has 2 fully saturated rings. The Morgan fingerprint density at radius 3 is 2.56 bits per heavy atom. The number of hydrogen-bond donors (Lipinski definition) is 2. The van der Waals surface area contributed by atoms with Crippen LogP contribution >= 0.6 is 0 Å². The Bertz CT molecular complexity index is 1430. The highest BCUT2D eigenvalue weighted by molar-refractivity contribution is 6.10. The third-order valence-corrected chi connectivity index (χ3v) is 8.34. The number of nitrogens with one attached hydrogen (secondary N) is 1. The Morgan fingerprint density at radius 2 is 1.97 bits per heavy atom. The molecule has 0 bridgehead atoms. The number of anilines is 1. The van der Waals surface area contributed by atoms with E-state index < -0.39 is 29.2 Å². The number of alkyl halides is 3. The number of aryl methyl sites for hydroxylation is 1. The van der Waals surface area contributed by atoms with Gasteiger partial charge >= 0.3 is 6.18 Å². The fourth-order valence-electron chi connectivity index (χ4n) is 5.83. The Hall–Kier alpha value is -3.28. The SMILES string of the molecule is Cn1cnnc1[C@@H](c1cccc(N2Cc3c(cc(CNC4(C)CCC4)cc3C(F)(F)F)C2=O)c1)C1(O)COC1. The van der Waals surface area contributed by atoms with Gasteiger partial charge < -0.3 is 24.6 Å². The molecule has 1 saturated heterocycles. The van der Waals surface area contributed by atoms with Crippen molar-refractivity contribution < 1.29 is 27.8 Å². The quantitative estimate of drug-likeness (QED) is 0.471. The first-order valence-corrected chi connectivity index (χ1v) is 13.0. The number of ether oxygens (including phenoxy) is 1. The van der Waals surface area contributed by atoms with Gasteiger partial charge in [0.1, 0.15) is 17.8 Å². The van der Waals surface area contributed by atoms with Crippen molar-refractivity contribution in [2.75, 3.05) is 18.1 Å². The molecular weight excluding hydrogens is 511 g/mol. The number of carbonyl (C=O) groups excluding carboxylic acids is 1. The van der Waals surface area contributed by atoms with Crippen molar-refractivity contribution in [3.8, 4) is 0 Å². The first-order chi connectivity index (χ1) is 18.5. The van der Waals surface area contributed by atoms with E-state index in [2.05, 4.69) is 22.4 Å². The molecule has 1 aliphatic carbocycles. The Labute approximate surface area is 223 Å². The van der Waals surface area contributed by atoms with E-state index in [1.165, 1.54) is 11.2 Å². The van der Waals surface area contributed by atoms with Crippen molar-refractivity contribution in [1.82, 2.24) is 20.1 Å². The van der Waals surface area contributed by atoms with Crippen LogP contribution < -0.4 is 10.2 Å². The van der Waals surface area contributed by atoms with Crippen LogP contribution in [0, 0.1) is 0 Å². The molecule has 1 aromatic heterocycles. The lowest BCUT2D eigenvalue weighted by Crippen LogP contribution is -2.55. The van der Waals surface area contributed by atoms with Crippen molar-refractivity contribution in [1.29, 1.82) is 0 Å². The average Bonchev–Trinajstić information content (AvgIpc) is 3.42. The fraction of sp³-hybridized carbons (Fsp3) is 0.464. The summed E-state index contributed by atoms with van der Waals surface area (Å²) in [7, 11) is 1.77. The average molecular weight is 542 g/mol. The molecule has 0 spiro atoms. The maximum atomic E-state index is 14.2. The summed E-state index contributed by atoms with van der Waals surface area (Å²) in [6.07, 6.45) is -0.0160. The van der Waals surface area contributed by atoms with E-state index in [4.69, 9.17) is 4.74 Å². The summed E-state index contributed by atoms with van der Waals surface area (Å²) < 4.78 is 49.5. The van der Waals surface area contributed by atoms with Gasteiger partial charge in [0, 0.05) is 30.4 Å². The molecule has 2 aromatic carbocycles. The molecule has 0 radical (unpaired) electrons. The summed E-state index contributed by atoms with van der Waals surface area (Å²) in [5, 5.41) is 22.7. The summed E-state index contributed by atoms with van der Waals surface area (Å²) >= 11 is 0. The van der Waals surface area contributed by atoms with E-state index in [1.807, 2.05) is 0 Å². The summed E-state index contributed by atoms with van der Waals surface area (Å²) in [4.78, 5) is 14.9. The number of halogens is 3. The van der Waals surface area contributed by atoms with E-state index in [9.17, 15) is 23.1 Å². The van der Waals surface area contributed by atoms with Crippen molar-refractivity contribution in [3.63, 3.8) is 0 Å². The molecular formula is C28H30F3N5O3. The number of carbonyl (C=O) groups is 1. The fourth-order valence-corrected chi connectivity index (χ4v) is 5.83. The Balaban J connectivity index is 1.34. The maximum absolute atomic E-state index is 14.2. The highest BCUT2D eigenvalue weighted by Crippen LogP contribution is 2.42. The number of amides is 1. The number of hydrogen-bond acceptors (Lipinski definition) is 6. The van der Waals surface area contributed by atoms with Gasteiger partial charge in [-0.2, -0.15) is 13.2 Å². The molecule has 1 atom stereocenters. The summed E-state index contributed by atoms with van der Waals surface area (Å²) in [5.41, 5.74) is -0.489. The lowest BCUT2D eigenvalue weighted by molar-refractivity contribution is -0.186. The third-order valence-electron chi connectivity index (χ3n) is 8.34. The lowest BCUT2D eigenvalue weighted by atomic mass is 9.78. The molecule has 3 aliphatic rings. The largest absolute Gasteiger partial charge is 0.416 e. The molecule has 11 heteroatoms. The molecule has 206 valence electrons. The molecule has 3 aromatic rings. The van der Waals surface area contributed by atoms with Crippen molar-refractivity contribution in [3.05, 3.63) is 76.4 Å². The zero-order valence-electron chi connectivity index (χ0n) is 21.8. The molecule has 39 heavy (non-hydrogen) atoms. The van der Waals surface area contributed by atoms with Crippen LogP contribution in [0.5, 0.6) is 0 Å². The zero-order chi connectivity index (χ0) is 27.6. The second kappa shape index (κ2) is 9.14. The maximum Gasteiger partial charge on any atom is 0.416 e. The van der Waals surface area contributed by atoms with E-state index in [-0.39, 0.29) is 43.0 Å². The van der Waals surface area contributed by atoms with Gasteiger partial charge in [0.2, 0.25) is 0 Å². The molecule has 2 aliphatic heterocycles. The van der Waals surface area contributed by atoms with Gasteiger partial charge in [-0.25, -0.2) is 0 Å². The minimum Gasteiger partial charge on any atom is -0.384 e. The molecule has 1 saturated carbocycles. The van der Waals surface area contributed by atoms with Crippen molar-refractivity contribution >= 4 is 11.6 Å². The van der Waals surface area contributed by atoms with Crippen LogP contribution in [0.1, 0.15) is 70.5 Å². The predicted octanol–water partition coefficient (Wildman–Crippen LogP) is 3.92. The van der Waals surface area contributed by atoms with E-state index in [0.29, 0.717) is 22.6 Å². The number of aliphatic hydroxyl groups is 1. The summed E-state index contributed by atoms with van der Waals surface area (Å²) in [6.45, 7) is 2.34. The number of benzene rings is 2. The van der Waals surface area contributed by atoms with Gasteiger partial charge in [-0.3, -0.25) is 4.79 Å². The predicted molar refractivity (Wildman–Crippen MR) is 136 cm³/mol. The molecule has 2 N–H and O–H groups in total. The monoisotopic (exact) mass is 541 g/mol. The minimum absolute atomic E-state index is 0.0209. The minimum atomic E-state index is -4.59. The Kier molecular flexibility index (Phi) is 6.09. The van der Waals surface area contributed by atoms with Gasteiger partial charge in [-0.05, 0) is 67.1 Å². The van der Waals surface area contributed by atoms with Crippen LogP contribution in [0.3, 0.4) is 0 Å². The normalized spacial score (nSPS) is 20.4. The van der Waals surface area contributed by atoms with Crippen molar-refractivity contribution in [2.45, 2.75) is 62.5 Å². The van der Waals surface area contributed by atoms with Crippen molar-refractivity contribution in [2.24, 2.45) is 7.05 Å². The van der Waals surface area contributed by atoms with E-state index >= 15 is 0 Å². The van der Waals surface area contributed by atoms with E-state index in [1.54, 1.807) is 41.9 Å². The molecule has 6 rings (SSSR count). The Morgan fingerprint density at radius 1 is 1.21 bits per heavy atom. The summed E-state index contributed by atoms with van der Waals surface area (Å²) in [5.74, 6) is -0.564. The number of rotatable bonds is 7. The number of aromatic nitrogens is 3. The van der Waals surface area contributed by atoms with Gasteiger partial charge in [-0.1, -0.05) is 12.1 Å². The van der Waals surface area contributed by atoms with Crippen LogP contribution in [0.15, 0.2) is 42.7 Å². The molecule has 3 heterocycles. The standard InChI is InChI=1S/C28H30F3N5O3/c1-26(7-4-8-26)32-12-17-9-20-21(22(10-17)28(29,30)31)13-36(25(20)37)19-6-3-5-18(11-19)23(27(38)14-39-15-27)24-34-33-16-35(24)2/h3,5-6,9-11,16,23,32,38H,4,7-8,12-15H2,1-2H3/t23-/m1/s1. The topological polar surface area (TPSA) is 92.5 Å². The van der Waals surface area contributed by atoms with Gasteiger partial charge in [0.15, 0.2) is 0 Å². The van der Waals surface area contributed by atoms with E-state index in [0.717, 1.165) is 25.3 Å². The van der Waals surface area contributed by atoms with Crippen LogP contribution in [-0.2, 0) is 31.1 Å². The van der Waals surface area contributed by atoms with Gasteiger partial charge in [-0.15, -0.1) is 10.2 Å². The van der Waals surface area contributed by atoms with Gasteiger partial charge in [0.05, 0.1) is 31.2 Å². The second-order valence-corrected chi connectivity index (χ2v) is 11.3. The van der Waals surface area contributed by atoms with Crippen LogP contribution in [0.2, 0.25) is 0 Å². The molecule has 8 nitrogen and oxygen atoms in total. The highest BCUT2D eigenvalue weighted by atomic mass is 19.4. The second-order valence-electron chi connectivity index (χ2n) is 11.3. The number of fused-ring (bicyclic) bond motifs is 1.